The van der Waals surface area contributed by atoms with Crippen LogP contribution in [0.3, 0.4) is 0 Å². The van der Waals surface area contributed by atoms with Crippen LogP contribution in [-0.2, 0) is 10.0 Å². The summed E-state index contributed by atoms with van der Waals surface area (Å²) in [7, 11) is -3.69. The summed E-state index contributed by atoms with van der Waals surface area (Å²) in [6.07, 6.45) is 0. The van der Waals surface area contributed by atoms with E-state index in [1.807, 2.05) is 0 Å². The molecule has 1 aromatic carbocycles. The van der Waals surface area contributed by atoms with Crippen molar-refractivity contribution < 1.29 is 8.42 Å². The largest absolute Gasteiger partial charge is 0.276 e. The average Bonchev–Trinajstić information content (AvgIpc) is 2.71. The Morgan fingerprint density at radius 3 is 2.28 bits per heavy atom. The van der Waals surface area contributed by atoms with Crippen molar-refractivity contribution in [2.75, 3.05) is 4.72 Å². The number of anilines is 1. The fourth-order valence-corrected chi connectivity index (χ4v) is 5.29. The summed E-state index contributed by atoms with van der Waals surface area (Å²) in [5, 5.41) is 2.17. The predicted octanol–water partition coefficient (Wildman–Crippen LogP) is 4.62. The zero-order chi connectivity index (χ0) is 13.3. The summed E-state index contributed by atoms with van der Waals surface area (Å²) in [6, 6.07) is 6.43. The summed E-state index contributed by atoms with van der Waals surface area (Å²) < 4.78 is 27.3. The van der Waals surface area contributed by atoms with E-state index in [2.05, 4.69) is 20.7 Å². The third-order valence-electron chi connectivity index (χ3n) is 2.03. The Kier molecular flexibility index (Phi) is 4.23. The van der Waals surface area contributed by atoms with Crippen LogP contribution in [-0.4, -0.2) is 8.42 Å². The highest BCUT2D eigenvalue weighted by molar-refractivity contribution is 9.10. The van der Waals surface area contributed by atoms with Gasteiger partial charge in [0.2, 0.25) is 0 Å². The van der Waals surface area contributed by atoms with Gasteiger partial charge in [-0.2, -0.15) is 0 Å². The fourth-order valence-electron chi connectivity index (χ4n) is 1.25. The smallest absolute Gasteiger partial charge is 0.272 e. The summed E-state index contributed by atoms with van der Waals surface area (Å²) in [4.78, 5) is 0. The lowest BCUT2D eigenvalue weighted by Crippen LogP contribution is -2.12. The predicted molar refractivity (Wildman–Crippen MR) is 79.3 cm³/mol. The molecule has 96 valence electrons. The van der Waals surface area contributed by atoms with Crippen LogP contribution in [0.15, 0.2) is 38.3 Å². The van der Waals surface area contributed by atoms with Gasteiger partial charge in [0, 0.05) is 4.47 Å². The van der Waals surface area contributed by atoms with Crippen LogP contribution in [0, 0.1) is 0 Å². The van der Waals surface area contributed by atoms with Gasteiger partial charge in [-0.1, -0.05) is 29.3 Å². The number of sulfonamides is 1. The molecule has 0 fully saturated rings. The van der Waals surface area contributed by atoms with Crippen LogP contribution in [0.1, 0.15) is 0 Å². The van der Waals surface area contributed by atoms with Crippen molar-refractivity contribution in [1.29, 1.82) is 0 Å². The van der Waals surface area contributed by atoms with Gasteiger partial charge >= 0.3 is 0 Å². The lowest BCUT2D eigenvalue weighted by Gasteiger charge is -2.10. The maximum absolute atomic E-state index is 12.1. The van der Waals surface area contributed by atoms with E-state index in [0.29, 0.717) is 4.47 Å². The molecule has 0 saturated heterocycles. The highest BCUT2D eigenvalue weighted by Gasteiger charge is 2.21. The molecule has 3 nitrogen and oxygen atoms in total. The molecular formula is C10H6BrCl2NO2S2. The van der Waals surface area contributed by atoms with Crippen molar-refractivity contribution in [2.24, 2.45) is 0 Å². The quantitative estimate of drug-likeness (QED) is 0.836. The third-order valence-corrected chi connectivity index (χ3v) is 6.68. The minimum atomic E-state index is -3.69. The van der Waals surface area contributed by atoms with E-state index in [-0.39, 0.29) is 19.9 Å². The Balaban J connectivity index is 2.44. The van der Waals surface area contributed by atoms with Crippen molar-refractivity contribution >= 4 is 66.2 Å². The molecule has 0 radical (unpaired) electrons. The molecule has 0 aliphatic rings. The van der Waals surface area contributed by atoms with Crippen molar-refractivity contribution in [3.05, 3.63) is 44.2 Å². The molecule has 0 aliphatic heterocycles. The summed E-state index contributed by atoms with van der Waals surface area (Å²) in [6.45, 7) is 0. The summed E-state index contributed by atoms with van der Waals surface area (Å²) >= 11 is 16.1. The lowest BCUT2D eigenvalue weighted by molar-refractivity contribution is 0.603. The maximum Gasteiger partial charge on any atom is 0.272 e. The van der Waals surface area contributed by atoms with Gasteiger partial charge in [0.05, 0.1) is 15.7 Å². The van der Waals surface area contributed by atoms with E-state index >= 15 is 0 Å². The summed E-state index contributed by atoms with van der Waals surface area (Å²) in [5.74, 6) is 0. The van der Waals surface area contributed by atoms with E-state index in [0.717, 1.165) is 11.3 Å². The fraction of sp³-hybridized carbons (Fsp3) is 0. The molecule has 0 spiro atoms. The van der Waals surface area contributed by atoms with Crippen LogP contribution < -0.4 is 4.72 Å². The molecule has 0 bridgehead atoms. The molecule has 1 heterocycles. The normalized spacial score (nSPS) is 11.5. The molecule has 1 N–H and O–H groups in total. The van der Waals surface area contributed by atoms with Crippen LogP contribution in [0.4, 0.5) is 5.69 Å². The molecule has 1 aromatic heterocycles. The average molecular weight is 387 g/mol. The first kappa shape index (κ1) is 14.1. The number of nitrogens with one attached hydrogen (secondary N) is 1. The number of hydrogen-bond acceptors (Lipinski definition) is 3. The minimum absolute atomic E-state index is 0.179. The molecule has 8 heteroatoms. The molecule has 0 unspecified atom stereocenters. The minimum Gasteiger partial charge on any atom is -0.276 e. The Hall–Kier alpha value is -0.270. The Bertz CT molecular complexity index is 665. The second-order valence-electron chi connectivity index (χ2n) is 3.26. The van der Waals surface area contributed by atoms with Gasteiger partial charge in [-0.05, 0) is 39.5 Å². The van der Waals surface area contributed by atoms with Crippen LogP contribution >= 0.6 is 50.5 Å². The molecule has 0 aliphatic carbocycles. The number of thiophene rings is 1. The van der Waals surface area contributed by atoms with Crippen LogP contribution in [0.25, 0.3) is 0 Å². The summed E-state index contributed by atoms with van der Waals surface area (Å²) in [5.41, 5.74) is 0.182. The second kappa shape index (κ2) is 5.38. The van der Waals surface area contributed by atoms with Crippen molar-refractivity contribution in [3.63, 3.8) is 0 Å². The standard InChI is InChI=1S/C10H6BrCl2NO2S2/c11-6-4-5-17-10(6)18(15,16)14-9-7(12)2-1-3-8(9)13/h1-5,14H. The van der Waals surface area contributed by atoms with Crippen molar-refractivity contribution in [1.82, 2.24) is 0 Å². The van der Waals surface area contributed by atoms with Gasteiger partial charge in [0.25, 0.3) is 10.0 Å². The maximum atomic E-state index is 12.1. The molecule has 2 rings (SSSR count). The third kappa shape index (κ3) is 2.83. The number of para-hydroxylation sites is 1. The number of hydrogen-bond donors (Lipinski definition) is 1. The lowest BCUT2D eigenvalue weighted by atomic mass is 10.3. The van der Waals surface area contributed by atoms with Crippen molar-refractivity contribution in [3.8, 4) is 0 Å². The van der Waals surface area contributed by atoms with Gasteiger partial charge in [0.1, 0.15) is 0 Å². The van der Waals surface area contributed by atoms with Crippen molar-refractivity contribution in [2.45, 2.75) is 4.21 Å². The zero-order valence-corrected chi connectivity index (χ0v) is 13.4. The first-order valence-electron chi connectivity index (χ1n) is 4.61. The van der Waals surface area contributed by atoms with Crippen LogP contribution in [0.5, 0.6) is 0 Å². The Labute approximate surface area is 127 Å². The molecule has 18 heavy (non-hydrogen) atoms. The molecule has 0 atom stereocenters. The second-order valence-corrected chi connectivity index (χ2v) is 7.72. The van der Waals surface area contributed by atoms with E-state index in [1.165, 1.54) is 0 Å². The molecule has 0 saturated carbocycles. The SMILES string of the molecule is O=S(=O)(Nc1c(Cl)cccc1Cl)c1sccc1Br. The topological polar surface area (TPSA) is 46.2 Å². The van der Waals surface area contributed by atoms with Gasteiger partial charge in [0.15, 0.2) is 4.21 Å². The molecule has 2 aromatic rings. The monoisotopic (exact) mass is 385 g/mol. The molecular weight excluding hydrogens is 381 g/mol. The number of benzene rings is 1. The van der Waals surface area contributed by atoms with E-state index in [4.69, 9.17) is 23.2 Å². The Morgan fingerprint density at radius 2 is 1.78 bits per heavy atom. The van der Waals surface area contributed by atoms with Gasteiger partial charge in [-0.15, -0.1) is 11.3 Å². The van der Waals surface area contributed by atoms with Gasteiger partial charge in [-0.3, -0.25) is 4.72 Å². The van der Waals surface area contributed by atoms with E-state index in [1.54, 1.807) is 29.6 Å². The van der Waals surface area contributed by atoms with Gasteiger partial charge in [-0.25, -0.2) is 8.42 Å². The highest BCUT2D eigenvalue weighted by Crippen LogP contribution is 2.34. The van der Waals surface area contributed by atoms with E-state index in [9.17, 15) is 8.42 Å². The highest BCUT2D eigenvalue weighted by atomic mass is 79.9. The van der Waals surface area contributed by atoms with Crippen LogP contribution in [0.2, 0.25) is 10.0 Å². The molecule has 0 amide bonds. The zero-order valence-electron chi connectivity index (χ0n) is 8.65. The first-order chi connectivity index (χ1) is 8.42. The van der Waals surface area contributed by atoms with Gasteiger partial charge < -0.3 is 0 Å². The number of rotatable bonds is 3. The van der Waals surface area contributed by atoms with E-state index < -0.39 is 10.0 Å². The Morgan fingerprint density at radius 1 is 1.17 bits per heavy atom. The first-order valence-corrected chi connectivity index (χ1v) is 8.53. The number of halogens is 3.